The van der Waals surface area contributed by atoms with Crippen molar-refractivity contribution in [2.24, 2.45) is 0 Å². The summed E-state index contributed by atoms with van der Waals surface area (Å²) in [5.74, 6) is 0.910. The van der Waals surface area contributed by atoms with Crippen molar-refractivity contribution in [3.63, 3.8) is 0 Å². The highest BCUT2D eigenvalue weighted by molar-refractivity contribution is 5.20. The van der Waals surface area contributed by atoms with Crippen molar-refractivity contribution in [3.8, 4) is 5.75 Å². The zero-order valence-electron chi connectivity index (χ0n) is 18.6. The number of ether oxygens (including phenoxy) is 1. The summed E-state index contributed by atoms with van der Waals surface area (Å²) in [5.41, 5.74) is 3.38. The van der Waals surface area contributed by atoms with E-state index in [-0.39, 0.29) is 0 Å². The molecule has 3 N–H and O–H groups in total. The van der Waals surface area contributed by atoms with Gasteiger partial charge in [0, 0.05) is 19.2 Å². The Kier molecular flexibility index (Phi) is 18.1. The third kappa shape index (κ3) is 13.8. The Labute approximate surface area is 177 Å². The number of aliphatic hydroxyl groups excluding tert-OH is 1. The van der Waals surface area contributed by atoms with Crippen LogP contribution in [0, 0.1) is 0 Å². The molecular formula is C24H40N2O3. The molecule has 1 unspecified atom stereocenters. The maximum atomic E-state index is 7.88. The lowest BCUT2D eigenvalue weighted by molar-refractivity contribution is 0.173. The lowest BCUT2D eigenvalue weighted by Crippen LogP contribution is -2.22. The van der Waals surface area contributed by atoms with Crippen LogP contribution in [-0.4, -0.2) is 48.6 Å². The van der Waals surface area contributed by atoms with Gasteiger partial charge in [-0.05, 0) is 57.0 Å². The first-order valence-electron chi connectivity index (χ1n) is 10.5. The van der Waals surface area contributed by atoms with E-state index in [4.69, 9.17) is 15.1 Å². The first-order chi connectivity index (χ1) is 14.1. The lowest BCUT2D eigenvalue weighted by Gasteiger charge is -2.23. The molecule has 3 rings (SSSR count). The highest BCUT2D eigenvalue weighted by Gasteiger charge is 2.18. The second-order valence-electron chi connectivity index (χ2n) is 6.58. The van der Waals surface area contributed by atoms with E-state index in [9.17, 15) is 0 Å². The van der Waals surface area contributed by atoms with Gasteiger partial charge in [0.2, 0.25) is 0 Å². The Morgan fingerprint density at radius 3 is 1.76 bits per heavy atom. The fraction of sp³-hybridized carbons (Fsp3) is 0.500. The summed E-state index contributed by atoms with van der Waals surface area (Å²) >= 11 is 0. The van der Waals surface area contributed by atoms with E-state index in [0.29, 0.717) is 19.2 Å². The summed E-state index contributed by atoms with van der Waals surface area (Å²) in [6.45, 7) is 9.55. The first kappa shape index (κ1) is 27.1. The predicted octanol–water partition coefficient (Wildman–Crippen LogP) is 4.91. The number of para-hydroxylation sites is 1. The van der Waals surface area contributed by atoms with Crippen LogP contribution in [0.15, 0.2) is 60.7 Å². The van der Waals surface area contributed by atoms with Crippen molar-refractivity contribution in [3.05, 3.63) is 66.2 Å². The molecule has 0 saturated carbocycles. The van der Waals surface area contributed by atoms with Gasteiger partial charge in [-0.3, -0.25) is 4.90 Å². The zero-order chi connectivity index (χ0) is 21.7. The summed E-state index contributed by atoms with van der Waals surface area (Å²) in [5, 5.41) is 15.5. The smallest absolute Gasteiger partial charge is 0.118 e. The van der Waals surface area contributed by atoms with Gasteiger partial charge in [-0.2, -0.15) is 0 Å². The second-order valence-corrected chi connectivity index (χ2v) is 6.58. The number of rotatable bonds is 5. The molecule has 0 radical (unpaired) electrons. The molecule has 0 spiro atoms. The topological polar surface area (TPSA) is 65.0 Å². The number of likely N-dealkylation sites (tertiary alicyclic amines) is 1. The highest BCUT2D eigenvalue weighted by atomic mass is 16.5. The number of nitrogens with one attached hydrogen (secondary N) is 1. The van der Waals surface area contributed by atoms with Gasteiger partial charge in [-0.1, -0.05) is 62.4 Å². The Hall–Kier alpha value is -1.92. The molecule has 0 amide bonds. The molecule has 5 heteroatoms. The largest absolute Gasteiger partial charge is 0.497 e. The van der Waals surface area contributed by atoms with E-state index in [2.05, 4.69) is 42.2 Å². The average molecular weight is 405 g/mol. The monoisotopic (exact) mass is 404 g/mol. The predicted molar refractivity (Wildman–Crippen MR) is 121 cm³/mol. The average Bonchev–Trinajstić information content (AvgIpc) is 3.35. The number of benzene rings is 2. The van der Waals surface area contributed by atoms with Crippen LogP contribution < -0.4 is 10.2 Å². The minimum Gasteiger partial charge on any atom is -0.497 e. The van der Waals surface area contributed by atoms with Gasteiger partial charge in [-0.25, -0.2) is 5.48 Å². The Bertz CT molecular complexity index is 553. The van der Waals surface area contributed by atoms with Gasteiger partial charge in [-0.15, -0.1) is 0 Å². The summed E-state index contributed by atoms with van der Waals surface area (Å²) in [6.07, 6.45) is 3.62. The van der Waals surface area contributed by atoms with Crippen LogP contribution in [0.5, 0.6) is 5.75 Å². The van der Waals surface area contributed by atoms with E-state index in [1.165, 1.54) is 31.5 Å². The number of nitrogens with zero attached hydrogens (tertiary/aromatic N) is 1. The van der Waals surface area contributed by atoms with Crippen LogP contribution in [0.25, 0.3) is 0 Å². The maximum Gasteiger partial charge on any atom is 0.118 e. The van der Waals surface area contributed by atoms with Crippen molar-refractivity contribution in [2.45, 2.75) is 46.1 Å². The molecule has 5 nitrogen and oxygen atoms in total. The van der Waals surface area contributed by atoms with Gasteiger partial charge < -0.3 is 15.1 Å². The van der Waals surface area contributed by atoms with Crippen LogP contribution >= 0.6 is 0 Å². The van der Waals surface area contributed by atoms with Gasteiger partial charge in [0.1, 0.15) is 5.75 Å². The summed E-state index contributed by atoms with van der Waals surface area (Å²) in [6, 6.07) is 21.1. The fourth-order valence-corrected chi connectivity index (χ4v) is 2.63. The number of hydrogen-bond acceptors (Lipinski definition) is 5. The van der Waals surface area contributed by atoms with Crippen molar-refractivity contribution in [1.29, 1.82) is 0 Å². The first-order valence-corrected chi connectivity index (χ1v) is 10.5. The molecule has 0 aromatic heterocycles. The molecule has 1 fully saturated rings. The molecule has 2 aromatic rings. The molecular weight excluding hydrogens is 364 g/mol. The molecule has 1 atom stereocenters. The molecule has 29 heavy (non-hydrogen) atoms. The lowest BCUT2D eigenvalue weighted by atomic mass is 10.1. The second kappa shape index (κ2) is 19.4. The number of methoxy groups -OCH3 is 1. The summed E-state index contributed by atoms with van der Waals surface area (Å²) in [4.78, 5) is 2.56. The third-order valence-electron chi connectivity index (χ3n) is 4.33. The van der Waals surface area contributed by atoms with E-state index < -0.39 is 0 Å². The maximum absolute atomic E-state index is 7.88. The van der Waals surface area contributed by atoms with Crippen molar-refractivity contribution >= 4 is 0 Å². The summed E-state index contributed by atoms with van der Waals surface area (Å²) < 4.78 is 4.91. The number of aliphatic hydroxyl groups is 1. The zero-order valence-corrected chi connectivity index (χ0v) is 18.6. The molecule has 164 valence electrons. The van der Waals surface area contributed by atoms with Crippen LogP contribution in [0.2, 0.25) is 0 Å². The SMILES string of the molecule is CC(c1ccccc1)N1CCCC1.CCCO.CCNO.COc1ccccc1. The standard InChI is InChI=1S/C12H17N.C7H8O.C3H8O.C2H7NO/c1-11(13-9-5-6-10-13)12-7-3-2-4-8-12;1-8-7-5-3-2-4-6-7;2*1-2-3-4/h2-4,7-8,11H,5-6,9-10H2,1H3;2-6H,1H3;4H,2-3H2,1H3;3-4H,2H2,1H3. The van der Waals surface area contributed by atoms with E-state index in [1.54, 1.807) is 7.11 Å². The van der Waals surface area contributed by atoms with Crippen LogP contribution in [0.4, 0.5) is 0 Å². The van der Waals surface area contributed by atoms with Crippen LogP contribution in [-0.2, 0) is 0 Å². The normalized spacial score (nSPS) is 13.6. The van der Waals surface area contributed by atoms with E-state index in [0.717, 1.165) is 12.2 Å². The van der Waals surface area contributed by atoms with Crippen molar-refractivity contribution < 1.29 is 15.1 Å². The minimum absolute atomic E-state index is 0.319. The van der Waals surface area contributed by atoms with Gasteiger partial charge in [0.25, 0.3) is 0 Å². The van der Waals surface area contributed by atoms with Gasteiger partial charge in [0.15, 0.2) is 0 Å². The third-order valence-corrected chi connectivity index (χ3v) is 4.33. The molecule has 1 aliphatic heterocycles. The molecule has 1 saturated heterocycles. The molecule has 2 aromatic carbocycles. The van der Waals surface area contributed by atoms with Gasteiger partial charge >= 0.3 is 0 Å². The van der Waals surface area contributed by atoms with Crippen molar-refractivity contribution in [1.82, 2.24) is 10.4 Å². The number of hydroxylamine groups is 1. The van der Waals surface area contributed by atoms with Crippen LogP contribution in [0.3, 0.4) is 0 Å². The summed E-state index contributed by atoms with van der Waals surface area (Å²) in [7, 11) is 1.66. The van der Waals surface area contributed by atoms with Crippen LogP contribution in [0.1, 0.15) is 51.6 Å². The fourth-order valence-electron chi connectivity index (χ4n) is 2.63. The Balaban J connectivity index is 0.000000419. The highest BCUT2D eigenvalue weighted by Crippen LogP contribution is 2.23. The van der Waals surface area contributed by atoms with Crippen molar-refractivity contribution in [2.75, 3.05) is 33.4 Å². The Morgan fingerprint density at radius 1 is 0.966 bits per heavy atom. The molecule has 1 heterocycles. The Morgan fingerprint density at radius 2 is 1.41 bits per heavy atom. The minimum atomic E-state index is 0.319. The molecule has 0 bridgehead atoms. The van der Waals surface area contributed by atoms with E-state index in [1.807, 2.05) is 49.7 Å². The molecule has 0 aliphatic carbocycles. The van der Waals surface area contributed by atoms with E-state index >= 15 is 0 Å². The van der Waals surface area contributed by atoms with Gasteiger partial charge in [0.05, 0.1) is 7.11 Å². The quantitative estimate of drug-likeness (QED) is 0.618. The number of hydrogen-bond donors (Lipinski definition) is 3. The molecule has 1 aliphatic rings.